The molecule has 4 nitrogen and oxygen atoms in total. The van der Waals surface area contributed by atoms with E-state index >= 15 is 0 Å². The van der Waals surface area contributed by atoms with Gasteiger partial charge in [0.15, 0.2) is 0 Å². The van der Waals surface area contributed by atoms with Crippen molar-refractivity contribution in [2.24, 2.45) is 0 Å². The number of benzene rings is 1. The van der Waals surface area contributed by atoms with E-state index in [0.717, 1.165) is 31.5 Å². The van der Waals surface area contributed by atoms with Gasteiger partial charge in [0.25, 0.3) is 0 Å². The van der Waals surface area contributed by atoms with Crippen molar-refractivity contribution < 1.29 is 14.2 Å². The summed E-state index contributed by atoms with van der Waals surface area (Å²) in [4.78, 5) is 2.22. The number of methoxy groups -OCH3 is 1. The van der Waals surface area contributed by atoms with E-state index in [9.17, 15) is 9.50 Å². The van der Waals surface area contributed by atoms with Gasteiger partial charge in [-0.3, -0.25) is 4.90 Å². The second kappa shape index (κ2) is 10.3. The number of rotatable bonds is 11. The summed E-state index contributed by atoms with van der Waals surface area (Å²) in [7, 11) is 1.69. The first-order valence-corrected chi connectivity index (χ1v) is 8.90. The van der Waals surface area contributed by atoms with Crippen LogP contribution in [0.4, 0.5) is 4.39 Å². The average molecular weight is 348 g/mol. The Morgan fingerprint density at radius 3 is 2.68 bits per heavy atom. The third-order valence-electron chi connectivity index (χ3n) is 4.28. The summed E-state index contributed by atoms with van der Waals surface area (Å²) >= 11 is 0. The Kier molecular flexibility index (Phi) is 8.12. The fraction of sp³-hybridized carbons (Fsp3) is 0.500. The molecule has 0 radical (unpaired) electrons. The summed E-state index contributed by atoms with van der Waals surface area (Å²) in [5.74, 6) is -0.216. The highest BCUT2D eigenvalue weighted by Crippen LogP contribution is 2.12. The Morgan fingerprint density at radius 2 is 2.00 bits per heavy atom. The maximum Gasteiger partial charge on any atom is 0.123 e. The van der Waals surface area contributed by atoms with E-state index in [4.69, 9.17) is 4.74 Å². The molecule has 1 atom stereocenters. The second-order valence-electron chi connectivity index (χ2n) is 6.42. The van der Waals surface area contributed by atoms with Gasteiger partial charge in [-0.1, -0.05) is 25.5 Å². The van der Waals surface area contributed by atoms with Gasteiger partial charge < -0.3 is 14.4 Å². The molecule has 0 spiro atoms. The molecule has 0 amide bonds. The zero-order valence-corrected chi connectivity index (χ0v) is 15.2. The monoisotopic (exact) mass is 348 g/mol. The van der Waals surface area contributed by atoms with E-state index in [2.05, 4.69) is 22.5 Å². The van der Waals surface area contributed by atoms with Crippen molar-refractivity contribution in [3.05, 3.63) is 59.7 Å². The molecule has 0 fully saturated rings. The molecule has 1 aromatic carbocycles. The van der Waals surface area contributed by atoms with Crippen LogP contribution in [-0.4, -0.2) is 47.5 Å². The van der Waals surface area contributed by atoms with E-state index in [0.29, 0.717) is 19.7 Å². The Morgan fingerprint density at radius 1 is 1.24 bits per heavy atom. The normalized spacial score (nSPS) is 12.7. The molecule has 0 unspecified atom stereocenters. The van der Waals surface area contributed by atoms with Gasteiger partial charge in [0.2, 0.25) is 0 Å². The lowest BCUT2D eigenvalue weighted by molar-refractivity contribution is 0.0788. The Labute approximate surface area is 149 Å². The van der Waals surface area contributed by atoms with E-state index in [1.807, 2.05) is 24.4 Å². The van der Waals surface area contributed by atoms with Crippen molar-refractivity contribution in [1.82, 2.24) is 9.47 Å². The fourth-order valence-electron chi connectivity index (χ4n) is 2.94. The lowest BCUT2D eigenvalue weighted by atomic mass is 10.2. The minimum atomic E-state index is -0.317. The highest BCUT2D eigenvalue weighted by molar-refractivity contribution is 5.18. The summed E-state index contributed by atoms with van der Waals surface area (Å²) in [6, 6.07) is 10.7. The molecule has 0 bridgehead atoms. The quantitative estimate of drug-likeness (QED) is 0.677. The lowest BCUT2D eigenvalue weighted by Crippen LogP contribution is -2.35. The molecule has 1 N–H and O–H groups in total. The van der Waals surface area contributed by atoms with Crippen molar-refractivity contribution in [3.63, 3.8) is 0 Å². The van der Waals surface area contributed by atoms with E-state index in [1.54, 1.807) is 7.11 Å². The van der Waals surface area contributed by atoms with Crippen LogP contribution in [0.2, 0.25) is 0 Å². The van der Waals surface area contributed by atoms with Gasteiger partial charge in [0.1, 0.15) is 5.82 Å². The molecular weight excluding hydrogens is 319 g/mol. The zero-order valence-electron chi connectivity index (χ0n) is 15.2. The van der Waals surface area contributed by atoms with Crippen molar-refractivity contribution >= 4 is 0 Å². The van der Waals surface area contributed by atoms with Crippen LogP contribution in [0, 0.1) is 5.82 Å². The van der Waals surface area contributed by atoms with E-state index in [-0.39, 0.29) is 11.9 Å². The fourth-order valence-corrected chi connectivity index (χ4v) is 2.94. The minimum Gasteiger partial charge on any atom is -0.392 e. The first-order valence-electron chi connectivity index (χ1n) is 8.90. The van der Waals surface area contributed by atoms with Gasteiger partial charge >= 0.3 is 0 Å². The van der Waals surface area contributed by atoms with Gasteiger partial charge in [0, 0.05) is 45.2 Å². The van der Waals surface area contributed by atoms with Crippen molar-refractivity contribution in [1.29, 1.82) is 0 Å². The van der Waals surface area contributed by atoms with Crippen molar-refractivity contribution in [3.8, 4) is 0 Å². The lowest BCUT2D eigenvalue weighted by Gasteiger charge is -2.25. The van der Waals surface area contributed by atoms with Crippen LogP contribution in [0.1, 0.15) is 31.0 Å². The van der Waals surface area contributed by atoms with E-state index in [1.165, 1.54) is 17.8 Å². The van der Waals surface area contributed by atoms with Crippen LogP contribution < -0.4 is 0 Å². The highest BCUT2D eigenvalue weighted by atomic mass is 19.1. The number of aliphatic hydroxyl groups excluding tert-OH is 1. The number of halogens is 1. The third-order valence-corrected chi connectivity index (χ3v) is 4.28. The number of hydrogen-bond donors (Lipinski definition) is 1. The smallest absolute Gasteiger partial charge is 0.123 e. The topological polar surface area (TPSA) is 37.6 Å². The van der Waals surface area contributed by atoms with Crippen LogP contribution in [0.25, 0.3) is 0 Å². The van der Waals surface area contributed by atoms with Gasteiger partial charge in [-0.2, -0.15) is 0 Å². The van der Waals surface area contributed by atoms with Crippen LogP contribution >= 0.6 is 0 Å². The van der Waals surface area contributed by atoms with Crippen LogP contribution in [-0.2, 0) is 17.8 Å². The van der Waals surface area contributed by atoms with Gasteiger partial charge in [0.05, 0.1) is 12.7 Å². The number of aliphatic hydroxyl groups is 1. The Bertz CT molecular complexity index is 612. The minimum absolute atomic E-state index is 0.216. The molecular formula is C20H29FN2O2. The molecule has 2 aromatic rings. The van der Waals surface area contributed by atoms with Gasteiger partial charge in [-0.15, -0.1) is 0 Å². The van der Waals surface area contributed by atoms with Gasteiger partial charge in [-0.05, 0) is 36.2 Å². The van der Waals surface area contributed by atoms with Crippen LogP contribution in [0.5, 0.6) is 0 Å². The zero-order chi connectivity index (χ0) is 18.1. The maximum absolute atomic E-state index is 13.1. The molecule has 0 saturated heterocycles. The summed E-state index contributed by atoms with van der Waals surface area (Å²) in [6.07, 6.45) is 3.50. The highest BCUT2D eigenvalue weighted by Gasteiger charge is 2.13. The molecule has 0 aliphatic heterocycles. The Balaban J connectivity index is 2.03. The molecule has 0 saturated carbocycles. The maximum atomic E-state index is 13.1. The summed E-state index contributed by atoms with van der Waals surface area (Å²) in [5.41, 5.74) is 2.23. The second-order valence-corrected chi connectivity index (χ2v) is 6.42. The molecule has 1 heterocycles. The molecule has 1 aromatic heterocycles. The Hall–Kier alpha value is -1.69. The first-order chi connectivity index (χ1) is 12.1. The summed E-state index contributed by atoms with van der Waals surface area (Å²) in [6.45, 7) is 5.59. The van der Waals surface area contributed by atoms with Gasteiger partial charge in [-0.25, -0.2) is 4.39 Å². The number of aromatic nitrogens is 1. The van der Waals surface area contributed by atoms with E-state index < -0.39 is 0 Å². The number of nitrogens with zero attached hydrogens (tertiary/aromatic N) is 2. The number of hydrogen-bond acceptors (Lipinski definition) is 3. The average Bonchev–Trinajstić information content (AvgIpc) is 3.02. The number of ether oxygens (including phenoxy) is 1. The third kappa shape index (κ3) is 6.61. The predicted molar refractivity (Wildman–Crippen MR) is 98.0 cm³/mol. The molecule has 25 heavy (non-hydrogen) atoms. The van der Waals surface area contributed by atoms with Crippen LogP contribution in [0.15, 0.2) is 42.6 Å². The molecule has 5 heteroatoms. The predicted octanol–water partition coefficient (Wildman–Crippen LogP) is 3.28. The molecule has 0 aliphatic rings. The summed E-state index contributed by atoms with van der Waals surface area (Å²) in [5, 5.41) is 10.2. The molecule has 2 rings (SSSR count). The van der Waals surface area contributed by atoms with Crippen LogP contribution in [0.3, 0.4) is 0 Å². The summed E-state index contributed by atoms with van der Waals surface area (Å²) < 4.78 is 20.4. The SMILES string of the molecule is CCC[C@@H](O)CN(CCOC)Cc1cccn1Cc1ccc(F)cc1. The molecule has 0 aliphatic carbocycles. The largest absolute Gasteiger partial charge is 0.392 e. The molecule has 138 valence electrons. The first kappa shape index (κ1) is 19.6. The van der Waals surface area contributed by atoms with Crippen molar-refractivity contribution in [2.45, 2.75) is 39.0 Å². The standard InChI is InChI=1S/C20H29FN2O2/c1-3-5-20(24)16-22(12-13-25-2)15-19-6-4-11-23(19)14-17-7-9-18(21)10-8-17/h4,6-11,20,24H,3,5,12-16H2,1-2H3/t20-/m1/s1. The van der Waals surface area contributed by atoms with Crippen molar-refractivity contribution in [2.75, 3.05) is 26.8 Å².